The van der Waals surface area contributed by atoms with Crippen LogP contribution in [0.4, 0.5) is 0 Å². The van der Waals surface area contributed by atoms with Crippen LogP contribution in [-0.4, -0.2) is 33.5 Å². The third-order valence-corrected chi connectivity index (χ3v) is 3.06. The topological polar surface area (TPSA) is 65.7 Å². The first-order valence-corrected chi connectivity index (χ1v) is 6.48. The highest BCUT2D eigenvalue weighted by Gasteiger charge is 2.23. The number of ether oxygens (including phenoxy) is 3. The van der Waals surface area contributed by atoms with Gasteiger partial charge in [-0.3, -0.25) is 11.3 Å². The van der Waals surface area contributed by atoms with Gasteiger partial charge in [-0.05, 0) is 12.5 Å². The van der Waals surface area contributed by atoms with Gasteiger partial charge >= 0.3 is 0 Å². The lowest BCUT2D eigenvalue weighted by molar-refractivity contribution is 0.0636. The lowest BCUT2D eigenvalue weighted by atomic mass is 9.99. The Balaban J connectivity index is 2.89. The lowest BCUT2D eigenvalue weighted by Gasteiger charge is -2.26. The van der Waals surface area contributed by atoms with Gasteiger partial charge in [-0.25, -0.2) is 0 Å². The molecule has 0 heterocycles. The molecule has 0 aliphatic rings. The number of hydrogen-bond acceptors (Lipinski definition) is 5. The fourth-order valence-corrected chi connectivity index (χ4v) is 2.04. The minimum atomic E-state index is -0.103. The number of nitrogens with two attached hydrogens (primary N) is 1. The average molecular weight is 268 g/mol. The third kappa shape index (κ3) is 4.47. The number of methoxy groups -OCH3 is 2. The molecule has 108 valence electrons. The van der Waals surface area contributed by atoms with Gasteiger partial charge in [0.25, 0.3) is 0 Å². The Morgan fingerprint density at radius 1 is 1.21 bits per heavy atom. The number of rotatable bonds is 9. The highest BCUT2D eigenvalue weighted by atomic mass is 16.5. The molecule has 0 radical (unpaired) electrons. The molecule has 0 saturated heterocycles. The van der Waals surface area contributed by atoms with Crippen molar-refractivity contribution in [1.29, 1.82) is 0 Å². The molecule has 19 heavy (non-hydrogen) atoms. The van der Waals surface area contributed by atoms with E-state index < -0.39 is 0 Å². The average Bonchev–Trinajstić information content (AvgIpc) is 2.46. The number of para-hydroxylation sites is 1. The molecule has 0 aromatic heterocycles. The summed E-state index contributed by atoms with van der Waals surface area (Å²) in [6.45, 7) is 3.12. The van der Waals surface area contributed by atoms with Gasteiger partial charge in [0.1, 0.15) is 12.4 Å². The second-order valence-electron chi connectivity index (χ2n) is 4.21. The largest absolute Gasteiger partial charge is 0.491 e. The van der Waals surface area contributed by atoms with Crippen LogP contribution in [0.1, 0.15) is 24.9 Å². The van der Waals surface area contributed by atoms with Crippen LogP contribution in [0, 0.1) is 0 Å². The summed E-state index contributed by atoms with van der Waals surface area (Å²) in [6.07, 6.45) is 0.856. The van der Waals surface area contributed by atoms with Crippen molar-refractivity contribution in [1.82, 2.24) is 5.43 Å². The van der Waals surface area contributed by atoms with Crippen LogP contribution in [-0.2, 0) is 9.47 Å². The maximum absolute atomic E-state index is 5.72. The van der Waals surface area contributed by atoms with E-state index in [4.69, 9.17) is 20.1 Å². The van der Waals surface area contributed by atoms with Gasteiger partial charge in [0.05, 0.1) is 18.8 Å². The summed E-state index contributed by atoms with van der Waals surface area (Å²) < 4.78 is 16.2. The first-order chi connectivity index (χ1) is 9.28. The summed E-state index contributed by atoms with van der Waals surface area (Å²) >= 11 is 0. The normalized spacial score (nSPS) is 14.1. The van der Waals surface area contributed by atoms with Crippen molar-refractivity contribution in [3.05, 3.63) is 29.8 Å². The van der Waals surface area contributed by atoms with Gasteiger partial charge in [-0.2, -0.15) is 0 Å². The van der Waals surface area contributed by atoms with Crippen molar-refractivity contribution in [2.45, 2.75) is 25.5 Å². The fraction of sp³-hybridized carbons (Fsp3) is 0.571. The first-order valence-electron chi connectivity index (χ1n) is 6.48. The summed E-state index contributed by atoms with van der Waals surface area (Å²) in [6, 6.07) is 7.72. The quantitative estimate of drug-likeness (QED) is 0.405. The van der Waals surface area contributed by atoms with Crippen LogP contribution in [0.3, 0.4) is 0 Å². The van der Waals surface area contributed by atoms with Crippen LogP contribution in [0.2, 0.25) is 0 Å². The molecule has 2 atom stereocenters. The zero-order chi connectivity index (χ0) is 14.1. The van der Waals surface area contributed by atoms with E-state index in [-0.39, 0.29) is 12.1 Å². The Bertz CT molecular complexity index is 356. The van der Waals surface area contributed by atoms with E-state index in [0.717, 1.165) is 17.7 Å². The van der Waals surface area contributed by atoms with Crippen LogP contribution in [0.5, 0.6) is 5.75 Å². The van der Waals surface area contributed by atoms with Crippen molar-refractivity contribution < 1.29 is 14.2 Å². The van der Waals surface area contributed by atoms with Crippen molar-refractivity contribution in [3.8, 4) is 5.75 Å². The maximum Gasteiger partial charge on any atom is 0.124 e. The molecule has 1 aromatic rings. The molecule has 1 aromatic carbocycles. The Morgan fingerprint density at radius 3 is 2.53 bits per heavy atom. The number of hydrogen-bond donors (Lipinski definition) is 2. The zero-order valence-electron chi connectivity index (χ0n) is 11.9. The van der Waals surface area contributed by atoms with Crippen LogP contribution < -0.4 is 16.0 Å². The minimum absolute atomic E-state index is 0.00262. The summed E-state index contributed by atoms with van der Waals surface area (Å²) in [7, 11) is 3.34. The number of benzene rings is 1. The molecule has 0 saturated carbocycles. The maximum atomic E-state index is 5.72. The summed E-state index contributed by atoms with van der Waals surface area (Å²) in [5, 5.41) is 0. The van der Waals surface area contributed by atoms with Gasteiger partial charge in [0.15, 0.2) is 0 Å². The van der Waals surface area contributed by atoms with Crippen LogP contribution in [0.25, 0.3) is 0 Å². The molecule has 1 rings (SSSR count). The molecule has 3 N–H and O–H groups in total. The van der Waals surface area contributed by atoms with E-state index in [2.05, 4.69) is 12.3 Å². The molecule has 2 unspecified atom stereocenters. The fourth-order valence-electron chi connectivity index (χ4n) is 2.04. The Labute approximate surface area is 115 Å². The summed E-state index contributed by atoms with van der Waals surface area (Å²) in [5.41, 5.74) is 3.81. The van der Waals surface area contributed by atoms with Gasteiger partial charge < -0.3 is 14.2 Å². The molecular weight excluding hydrogens is 244 g/mol. The zero-order valence-corrected chi connectivity index (χ0v) is 11.9. The number of nitrogens with one attached hydrogen (secondary N) is 1. The van der Waals surface area contributed by atoms with Gasteiger partial charge in [-0.15, -0.1) is 0 Å². The molecule has 0 aliphatic heterocycles. The van der Waals surface area contributed by atoms with Crippen molar-refractivity contribution in [3.63, 3.8) is 0 Å². The Hall–Kier alpha value is -1.14. The van der Waals surface area contributed by atoms with E-state index >= 15 is 0 Å². The van der Waals surface area contributed by atoms with Crippen molar-refractivity contribution in [2.24, 2.45) is 5.84 Å². The Morgan fingerprint density at radius 2 is 1.95 bits per heavy atom. The molecule has 0 bridgehead atoms. The monoisotopic (exact) mass is 268 g/mol. The smallest absolute Gasteiger partial charge is 0.124 e. The summed E-state index contributed by atoms with van der Waals surface area (Å²) in [5.74, 6) is 6.47. The second-order valence-corrected chi connectivity index (χ2v) is 4.21. The third-order valence-electron chi connectivity index (χ3n) is 3.06. The molecular formula is C14H24N2O3. The standard InChI is InChI=1S/C14H24N2O3/c1-4-12(18-3)14(16-15)11-7-5-6-8-13(11)19-10-9-17-2/h5-8,12,14,16H,4,9-10,15H2,1-3H3. The first kappa shape index (κ1) is 15.9. The van der Waals surface area contributed by atoms with Crippen molar-refractivity contribution >= 4 is 0 Å². The lowest BCUT2D eigenvalue weighted by Crippen LogP contribution is -2.37. The van der Waals surface area contributed by atoms with E-state index in [0.29, 0.717) is 13.2 Å². The van der Waals surface area contributed by atoms with Gasteiger partial charge in [-0.1, -0.05) is 25.1 Å². The van der Waals surface area contributed by atoms with E-state index in [1.165, 1.54) is 0 Å². The van der Waals surface area contributed by atoms with Crippen LogP contribution in [0.15, 0.2) is 24.3 Å². The van der Waals surface area contributed by atoms with Gasteiger partial charge in [0.2, 0.25) is 0 Å². The highest BCUT2D eigenvalue weighted by Crippen LogP contribution is 2.29. The van der Waals surface area contributed by atoms with Crippen molar-refractivity contribution in [2.75, 3.05) is 27.4 Å². The van der Waals surface area contributed by atoms with E-state index in [1.54, 1.807) is 14.2 Å². The predicted molar refractivity (Wildman–Crippen MR) is 75.0 cm³/mol. The van der Waals surface area contributed by atoms with E-state index in [9.17, 15) is 0 Å². The van der Waals surface area contributed by atoms with Gasteiger partial charge in [0, 0.05) is 19.8 Å². The second kappa shape index (κ2) is 8.87. The molecule has 0 spiro atoms. The molecule has 5 nitrogen and oxygen atoms in total. The Kier molecular flexibility index (Phi) is 7.43. The summed E-state index contributed by atoms with van der Waals surface area (Å²) in [4.78, 5) is 0. The predicted octanol–water partition coefficient (Wildman–Crippen LogP) is 1.64. The number of hydrazine groups is 1. The highest BCUT2D eigenvalue weighted by molar-refractivity contribution is 5.36. The van der Waals surface area contributed by atoms with Crippen LogP contribution >= 0.6 is 0 Å². The minimum Gasteiger partial charge on any atom is -0.491 e. The molecule has 0 fully saturated rings. The molecule has 0 amide bonds. The molecule has 5 heteroatoms. The van der Waals surface area contributed by atoms with E-state index in [1.807, 2.05) is 24.3 Å². The SMILES string of the molecule is CCC(OC)C(NN)c1ccccc1OCCOC. The molecule has 0 aliphatic carbocycles.